The van der Waals surface area contributed by atoms with Crippen LogP contribution in [0.25, 0.3) is 0 Å². The van der Waals surface area contributed by atoms with Crippen molar-refractivity contribution in [2.24, 2.45) is 5.41 Å². The number of nitrogens with one attached hydrogen (secondary N) is 1. The fourth-order valence-corrected chi connectivity index (χ4v) is 1.34. The third-order valence-electron chi connectivity index (χ3n) is 2.59. The van der Waals surface area contributed by atoms with Gasteiger partial charge in [0.1, 0.15) is 0 Å². The van der Waals surface area contributed by atoms with Crippen LogP contribution in [0.4, 0.5) is 5.69 Å². The predicted molar refractivity (Wildman–Crippen MR) is 55.5 cm³/mol. The molecule has 0 saturated heterocycles. The first kappa shape index (κ1) is 10.5. The fourth-order valence-electron chi connectivity index (χ4n) is 1.34. The van der Waals surface area contributed by atoms with Crippen molar-refractivity contribution in [2.75, 3.05) is 5.48 Å². The molecule has 5 heteroatoms. The summed E-state index contributed by atoms with van der Waals surface area (Å²) in [5.74, 6) is -1.85. The lowest BCUT2D eigenvalue weighted by Gasteiger charge is -2.10. The van der Waals surface area contributed by atoms with Crippen molar-refractivity contribution in [3.63, 3.8) is 0 Å². The van der Waals surface area contributed by atoms with Gasteiger partial charge in [-0.05, 0) is 25.0 Å². The van der Waals surface area contributed by atoms with Crippen molar-refractivity contribution >= 4 is 17.6 Å². The van der Waals surface area contributed by atoms with Gasteiger partial charge in [-0.2, -0.15) is 0 Å². The Morgan fingerprint density at radius 1 is 1.25 bits per heavy atom. The second kappa shape index (κ2) is 3.84. The van der Waals surface area contributed by atoms with E-state index >= 15 is 0 Å². The van der Waals surface area contributed by atoms with Gasteiger partial charge in [-0.15, -0.1) is 0 Å². The Bertz CT molecular complexity index is 411. The predicted octanol–water partition coefficient (Wildman–Crippen LogP) is 1.42. The number of carboxylic acids is 1. The summed E-state index contributed by atoms with van der Waals surface area (Å²) in [4.78, 5) is 27.0. The van der Waals surface area contributed by atoms with E-state index in [9.17, 15) is 9.59 Å². The molecule has 0 amide bonds. The Morgan fingerprint density at radius 3 is 2.38 bits per heavy atom. The normalized spacial score (nSPS) is 16.2. The van der Waals surface area contributed by atoms with E-state index in [1.165, 1.54) is 0 Å². The lowest BCUT2D eigenvalue weighted by atomic mass is 10.1. The molecule has 2 N–H and O–H groups in total. The van der Waals surface area contributed by atoms with E-state index < -0.39 is 17.4 Å². The Hall–Kier alpha value is -2.04. The average molecular weight is 221 g/mol. The number of carboxylic acid groups (broad SMARTS) is 1. The number of para-hydroxylation sites is 1. The molecule has 1 fully saturated rings. The van der Waals surface area contributed by atoms with Crippen LogP contribution in [0.1, 0.15) is 12.8 Å². The van der Waals surface area contributed by atoms with Gasteiger partial charge in [-0.1, -0.05) is 18.2 Å². The maximum atomic E-state index is 11.5. The van der Waals surface area contributed by atoms with Crippen molar-refractivity contribution in [2.45, 2.75) is 12.8 Å². The monoisotopic (exact) mass is 221 g/mol. The van der Waals surface area contributed by atoms with Crippen molar-refractivity contribution in [1.29, 1.82) is 0 Å². The summed E-state index contributed by atoms with van der Waals surface area (Å²) >= 11 is 0. The SMILES string of the molecule is O=C(O)C1(C(=O)ONc2ccccc2)CC1. The van der Waals surface area contributed by atoms with Gasteiger partial charge in [-0.3, -0.25) is 4.79 Å². The third kappa shape index (κ3) is 1.84. The van der Waals surface area contributed by atoms with Gasteiger partial charge in [0.15, 0.2) is 5.41 Å². The Morgan fingerprint density at radius 2 is 1.88 bits per heavy atom. The van der Waals surface area contributed by atoms with Gasteiger partial charge in [-0.25, -0.2) is 10.3 Å². The van der Waals surface area contributed by atoms with Crippen LogP contribution in [0.3, 0.4) is 0 Å². The van der Waals surface area contributed by atoms with Gasteiger partial charge in [0, 0.05) is 0 Å². The van der Waals surface area contributed by atoms with Crippen molar-refractivity contribution in [3.05, 3.63) is 30.3 Å². The molecule has 1 saturated carbocycles. The van der Waals surface area contributed by atoms with Gasteiger partial charge >= 0.3 is 11.9 Å². The van der Waals surface area contributed by atoms with Gasteiger partial charge in [0.05, 0.1) is 5.69 Å². The van der Waals surface area contributed by atoms with Crippen LogP contribution < -0.4 is 5.48 Å². The maximum absolute atomic E-state index is 11.5. The Labute approximate surface area is 92.0 Å². The van der Waals surface area contributed by atoms with Crippen molar-refractivity contribution < 1.29 is 19.5 Å². The van der Waals surface area contributed by atoms with Gasteiger partial charge < -0.3 is 9.94 Å². The zero-order valence-corrected chi connectivity index (χ0v) is 8.47. The summed E-state index contributed by atoms with van der Waals surface area (Å²) in [7, 11) is 0. The molecule has 0 unspecified atom stereocenters. The lowest BCUT2D eigenvalue weighted by molar-refractivity contribution is -0.159. The summed E-state index contributed by atoms with van der Waals surface area (Å²) in [6.07, 6.45) is 0.690. The summed E-state index contributed by atoms with van der Waals surface area (Å²) in [5, 5.41) is 8.84. The largest absolute Gasteiger partial charge is 0.480 e. The van der Waals surface area contributed by atoms with E-state index in [4.69, 9.17) is 9.94 Å². The molecule has 1 aliphatic rings. The second-order valence-corrected chi connectivity index (χ2v) is 3.74. The summed E-state index contributed by atoms with van der Waals surface area (Å²) < 4.78 is 0. The van der Waals surface area contributed by atoms with E-state index in [0.717, 1.165) is 0 Å². The van der Waals surface area contributed by atoms with E-state index in [2.05, 4.69) is 5.48 Å². The molecule has 84 valence electrons. The van der Waals surface area contributed by atoms with E-state index in [0.29, 0.717) is 18.5 Å². The molecule has 1 aromatic rings. The molecule has 2 rings (SSSR count). The molecule has 0 aromatic heterocycles. The van der Waals surface area contributed by atoms with Gasteiger partial charge in [0.25, 0.3) is 0 Å². The first-order chi connectivity index (χ1) is 7.65. The van der Waals surface area contributed by atoms with Crippen LogP contribution in [0.2, 0.25) is 0 Å². The second-order valence-electron chi connectivity index (χ2n) is 3.74. The van der Waals surface area contributed by atoms with Gasteiger partial charge in [0.2, 0.25) is 0 Å². The highest BCUT2D eigenvalue weighted by Crippen LogP contribution is 2.46. The topological polar surface area (TPSA) is 75.6 Å². The van der Waals surface area contributed by atoms with E-state index in [-0.39, 0.29) is 0 Å². The highest BCUT2D eigenvalue weighted by atomic mass is 16.7. The molecule has 0 radical (unpaired) electrons. The lowest BCUT2D eigenvalue weighted by Crippen LogP contribution is -2.29. The molecule has 1 aliphatic carbocycles. The van der Waals surface area contributed by atoms with Crippen LogP contribution in [-0.2, 0) is 14.4 Å². The third-order valence-corrected chi connectivity index (χ3v) is 2.59. The van der Waals surface area contributed by atoms with Crippen LogP contribution >= 0.6 is 0 Å². The number of anilines is 1. The fraction of sp³-hybridized carbons (Fsp3) is 0.273. The molecule has 5 nitrogen and oxygen atoms in total. The minimum Gasteiger partial charge on any atom is -0.480 e. The molecular weight excluding hydrogens is 210 g/mol. The van der Waals surface area contributed by atoms with Crippen molar-refractivity contribution in [3.8, 4) is 0 Å². The average Bonchev–Trinajstić information content (AvgIpc) is 3.08. The molecule has 0 aliphatic heterocycles. The Balaban J connectivity index is 1.92. The highest BCUT2D eigenvalue weighted by molar-refractivity contribution is 6.02. The number of carbonyl (C=O) groups excluding carboxylic acids is 1. The number of rotatable bonds is 4. The maximum Gasteiger partial charge on any atom is 0.349 e. The number of carbonyl (C=O) groups is 2. The summed E-state index contributed by atoms with van der Waals surface area (Å²) in [6.45, 7) is 0. The number of hydrogen-bond acceptors (Lipinski definition) is 4. The zero-order valence-electron chi connectivity index (χ0n) is 8.47. The first-order valence-electron chi connectivity index (χ1n) is 4.91. The molecule has 1 aromatic carbocycles. The van der Waals surface area contributed by atoms with Crippen molar-refractivity contribution in [1.82, 2.24) is 0 Å². The molecule has 0 spiro atoms. The molecular formula is C11H11NO4. The van der Waals surface area contributed by atoms with Crippen LogP contribution in [-0.4, -0.2) is 17.0 Å². The summed E-state index contributed by atoms with van der Waals surface area (Å²) in [6, 6.07) is 8.81. The van der Waals surface area contributed by atoms with E-state index in [1.54, 1.807) is 24.3 Å². The van der Waals surface area contributed by atoms with Crippen LogP contribution in [0.5, 0.6) is 0 Å². The Kier molecular flexibility index (Phi) is 2.52. The van der Waals surface area contributed by atoms with Crippen LogP contribution in [0, 0.1) is 5.41 Å². The van der Waals surface area contributed by atoms with Crippen LogP contribution in [0.15, 0.2) is 30.3 Å². The number of hydrogen-bond donors (Lipinski definition) is 2. The zero-order chi connectivity index (χ0) is 11.6. The summed E-state index contributed by atoms with van der Waals surface area (Å²) in [5.41, 5.74) is 1.72. The minimum atomic E-state index is -1.32. The molecule has 0 bridgehead atoms. The first-order valence-corrected chi connectivity index (χ1v) is 4.91. The number of benzene rings is 1. The standard InChI is InChI=1S/C11H11NO4/c13-9(14)11(6-7-11)10(15)16-12-8-4-2-1-3-5-8/h1-5,12H,6-7H2,(H,13,14). The number of aliphatic carboxylic acids is 1. The molecule has 16 heavy (non-hydrogen) atoms. The molecule has 0 heterocycles. The quantitative estimate of drug-likeness (QED) is 0.594. The smallest absolute Gasteiger partial charge is 0.349 e. The molecule has 0 atom stereocenters. The minimum absolute atomic E-state index is 0.345. The van der Waals surface area contributed by atoms with E-state index in [1.807, 2.05) is 6.07 Å². The highest BCUT2D eigenvalue weighted by Gasteiger charge is 2.59.